The Kier molecular flexibility index (Phi) is 5.94. The molecule has 0 spiro atoms. The van der Waals surface area contributed by atoms with Crippen LogP contribution in [0.1, 0.15) is 30.7 Å². The van der Waals surface area contributed by atoms with Crippen molar-refractivity contribution in [2.75, 3.05) is 0 Å². The minimum atomic E-state index is 0.0393. The molecule has 0 saturated carbocycles. The largest absolute Gasteiger partial charge is 0.336 e. The Labute approximate surface area is 162 Å². The molecule has 1 aromatic carbocycles. The summed E-state index contributed by atoms with van der Waals surface area (Å²) in [5, 5.41) is 11.7. The molecule has 5 nitrogen and oxygen atoms in total. The zero-order valence-electron chi connectivity index (χ0n) is 15.3. The van der Waals surface area contributed by atoms with Crippen molar-refractivity contribution in [3.63, 3.8) is 0 Å². The Morgan fingerprint density at radius 3 is 2.67 bits per heavy atom. The van der Waals surface area contributed by atoms with Gasteiger partial charge in [0, 0.05) is 35.9 Å². The van der Waals surface area contributed by atoms with E-state index >= 15 is 0 Å². The summed E-state index contributed by atoms with van der Waals surface area (Å²) in [6.07, 6.45) is 3.77. The normalized spacial score (nSPS) is 10.6. The maximum Gasteiger partial charge on any atom is 0.229 e. The van der Waals surface area contributed by atoms with Gasteiger partial charge in [-0.2, -0.15) is 5.26 Å². The van der Waals surface area contributed by atoms with Crippen LogP contribution in [0.15, 0.2) is 54.2 Å². The quantitative estimate of drug-likeness (QED) is 0.650. The first-order chi connectivity index (χ1) is 13.1. The summed E-state index contributed by atoms with van der Waals surface area (Å²) in [4.78, 5) is 23.4. The fraction of sp³-hybridized carbons (Fsp3) is 0.238. The van der Waals surface area contributed by atoms with Gasteiger partial charge in [0.25, 0.3) is 0 Å². The highest BCUT2D eigenvalue weighted by Crippen LogP contribution is 2.23. The van der Waals surface area contributed by atoms with E-state index in [0.29, 0.717) is 12.1 Å². The molecule has 3 aromatic rings. The van der Waals surface area contributed by atoms with Crippen LogP contribution in [0.2, 0.25) is 0 Å². The van der Waals surface area contributed by atoms with E-state index in [0.717, 1.165) is 21.8 Å². The van der Waals surface area contributed by atoms with E-state index in [9.17, 15) is 4.79 Å². The molecule has 0 aliphatic rings. The maximum absolute atomic E-state index is 12.9. The number of benzene rings is 1. The number of hydrogen-bond donors (Lipinski definition) is 0. The molecule has 2 aromatic heterocycles. The minimum absolute atomic E-state index is 0.0393. The van der Waals surface area contributed by atoms with Gasteiger partial charge in [-0.25, -0.2) is 4.98 Å². The second-order valence-electron chi connectivity index (χ2n) is 6.49. The van der Waals surface area contributed by atoms with Crippen LogP contribution in [0.3, 0.4) is 0 Å². The molecular weight excluding hydrogens is 356 g/mol. The lowest BCUT2D eigenvalue weighted by Gasteiger charge is -2.26. The van der Waals surface area contributed by atoms with Crippen LogP contribution in [0, 0.1) is 11.3 Å². The molecule has 0 saturated heterocycles. The third kappa shape index (κ3) is 4.78. The summed E-state index contributed by atoms with van der Waals surface area (Å²) in [6.45, 7) is 4.52. The van der Waals surface area contributed by atoms with Crippen molar-refractivity contribution < 1.29 is 4.79 Å². The molecule has 0 N–H and O–H groups in total. The zero-order chi connectivity index (χ0) is 19.2. The molecule has 3 rings (SSSR count). The van der Waals surface area contributed by atoms with E-state index in [1.165, 1.54) is 11.3 Å². The lowest BCUT2D eigenvalue weighted by atomic mass is 10.1. The number of nitrogens with zero attached hydrogens (tertiary/aromatic N) is 4. The number of amides is 1. The van der Waals surface area contributed by atoms with E-state index in [1.54, 1.807) is 24.5 Å². The van der Waals surface area contributed by atoms with Crippen molar-refractivity contribution in [3.8, 4) is 16.6 Å². The number of hydrogen-bond acceptors (Lipinski definition) is 5. The van der Waals surface area contributed by atoms with Gasteiger partial charge in [0.05, 0.1) is 23.7 Å². The van der Waals surface area contributed by atoms with E-state index in [1.807, 2.05) is 48.4 Å². The SMILES string of the molecule is CC(C)N(Cc1ccc(C#N)cc1)C(=O)Cc1csc(-c2cccnc2)n1. The van der Waals surface area contributed by atoms with E-state index < -0.39 is 0 Å². The Morgan fingerprint density at radius 1 is 1.26 bits per heavy atom. The van der Waals surface area contributed by atoms with Gasteiger partial charge in [-0.3, -0.25) is 9.78 Å². The third-order valence-corrected chi connectivity index (χ3v) is 5.11. The lowest BCUT2D eigenvalue weighted by molar-refractivity contribution is -0.132. The number of aromatic nitrogens is 2. The first-order valence-corrected chi connectivity index (χ1v) is 9.58. The Morgan fingerprint density at radius 2 is 2.04 bits per heavy atom. The van der Waals surface area contributed by atoms with Crippen molar-refractivity contribution >= 4 is 17.2 Å². The van der Waals surface area contributed by atoms with Crippen LogP contribution in [-0.4, -0.2) is 26.8 Å². The number of carbonyl (C=O) groups excluding carboxylic acids is 1. The number of thiazole rings is 1. The van der Waals surface area contributed by atoms with Crippen LogP contribution in [-0.2, 0) is 17.8 Å². The van der Waals surface area contributed by atoms with Gasteiger partial charge in [0.1, 0.15) is 5.01 Å². The smallest absolute Gasteiger partial charge is 0.229 e. The van der Waals surface area contributed by atoms with Gasteiger partial charge >= 0.3 is 0 Å². The average molecular weight is 376 g/mol. The summed E-state index contributed by atoms with van der Waals surface area (Å²) in [7, 11) is 0. The van der Waals surface area contributed by atoms with Crippen LogP contribution in [0.5, 0.6) is 0 Å². The topological polar surface area (TPSA) is 69.9 Å². The van der Waals surface area contributed by atoms with Gasteiger partial charge in [0.2, 0.25) is 5.91 Å². The summed E-state index contributed by atoms with van der Waals surface area (Å²) in [5.41, 5.74) is 3.35. The molecule has 2 heterocycles. The highest BCUT2D eigenvalue weighted by molar-refractivity contribution is 7.13. The van der Waals surface area contributed by atoms with Crippen molar-refractivity contribution in [1.29, 1.82) is 5.26 Å². The highest BCUT2D eigenvalue weighted by Gasteiger charge is 2.19. The highest BCUT2D eigenvalue weighted by atomic mass is 32.1. The van der Waals surface area contributed by atoms with Gasteiger partial charge in [0.15, 0.2) is 0 Å². The summed E-state index contributed by atoms with van der Waals surface area (Å²) in [6, 6.07) is 13.4. The number of carbonyl (C=O) groups is 1. The average Bonchev–Trinajstić information content (AvgIpc) is 3.15. The number of rotatable bonds is 6. The van der Waals surface area contributed by atoms with Crippen molar-refractivity contribution in [3.05, 3.63) is 71.0 Å². The van der Waals surface area contributed by atoms with Crippen molar-refractivity contribution in [1.82, 2.24) is 14.9 Å². The third-order valence-electron chi connectivity index (χ3n) is 4.17. The molecule has 0 bridgehead atoms. The Balaban J connectivity index is 1.70. The second kappa shape index (κ2) is 8.56. The van der Waals surface area contributed by atoms with Crippen molar-refractivity contribution in [2.45, 2.75) is 32.9 Å². The zero-order valence-corrected chi connectivity index (χ0v) is 16.1. The molecule has 27 heavy (non-hydrogen) atoms. The Bertz CT molecular complexity index is 942. The minimum Gasteiger partial charge on any atom is -0.336 e. The monoisotopic (exact) mass is 376 g/mol. The fourth-order valence-corrected chi connectivity index (χ4v) is 3.52. The standard InChI is InChI=1S/C21H20N4OS/c1-15(2)25(13-17-7-5-16(11-22)6-8-17)20(26)10-19-14-27-21(24-19)18-4-3-9-23-12-18/h3-9,12,14-15H,10,13H2,1-2H3. The molecule has 0 atom stereocenters. The molecule has 0 aliphatic heterocycles. The van der Waals surface area contributed by atoms with Gasteiger partial charge < -0.3 is 4.90 Å². The Hall–Kier alpha value is -3.04. The summed E-state index contributed by atoms with van der Waals surface area (Å²) in [5.74, 6) is 0.0393. The van der Waals surface area contributed by atoms with Crippen LogP contribution in [0.4, 0.5) is 0 Å². The van der Waals surface area contributed by atoms with Gasteiger partial charge in [-0.15, -0.1) is 11.3 Å². The second-order valence-corrected chi connectivity index (χ2v) is 7.34. The number of nitriles is 1. The lowest BCUT2D eigenvalue weighted by Crippen LogP contribution is -2.37. The van der Waals surface area contributed by atoms with E-state index in [-0.39, 0.29) is 18.4 Å². The molecule has 0 unspecified atom stereocenters. The van der Waals surface area contributed by atoms with Crippen molar-refractivity contribution in [2.24, 2.45) is 0 Å². The molecule has 1 amide bonds. The summed E-state index contributed by atoms with van der Waals surface area (Å²) >= 11 is 1.52. The molecule has 0 aliphatic carbocycles. The molecule has 0 radical (unpaired) electrons. The molecule has 6 heteroatoms. The van der Waals surface area contributed by atoms with Crippen LogP contribution in [0.25, 0.3) is 10.6 Å². The predicted molar refractivity (Wildman–Crippen MR) is 106 cm³/mol. The van der Waals surface area contributed by atoms with Gasteiger partial charge in [-0.1, -0.05) is 12.1 Å². The first kappa shape index (κ1) is 18.7. The van der Waals surface area contributed by atoms with Crippen LogP contribution >= 0.6 is 11.3 Å². The van der Waals surface area contributed by atoms with Gasteiger partial charge in [-0.05, 0) is 43.7 Å². The van der Waals surface area contributed by atoms with Crippen LogP contribution < -0.4 is 0 Å². The summed E-state index contributed by atoms with van der Waals surface area (Å²) < 4.78 is 0. The molecular formula is C21H20N4OS. The molecule has 0 fully saturated rings. The molecule has 136 valence electrons. The number of pyridine rings is 1. The fourth-order valence-electron chi connectivity index (χ4n) is 2.71. The predicted octanol–water partition coefficient (Wildman–Crippen LogP) is 4.06. The van der Waals surface area contributed by atoms with E-state index in [4.69, 9.17) is 5.26 Å². The maximum atomic E-state index is 12.9. The van der Waals surface area contributed by atoms with E-state index in [2.05, 4.69) is 16.0 Å². The first-order valence-electron chi connectivity index (χ1n) is 8.70.